The third-order valence-corrected chi connectivity index (χ3v) is 4.32. The molecule has 2 N–H and O–H groups in total. The summed E-state index contributed by atoms with van der Waals surface area (Å²) in [5.74, 6) is -1.21. The van der Waals surface area contributed by atoms with Gasteiger partial charge in [0.1, 0.15) is 0 Å². The molecule has 2 aromatic rings. The maximum atomic E-state index is 11.8. The van der Waals surface area contributed by atoms with Gasteiger partial charge in [0.05, 0.1) is 16.3 Å². The van der Waals surface area contributed by atoms with Crippen molar-refractivity contribution >= 4 is 41.2 Å². The van der Waals surface area contributed by atoms with Crippen molar-refractivity contribution < 1.29 is 9.59 Å². The zero-order valence-corrected chi connectivity index (χ0v) is 15.9. The van der Waals surface area contributed by atoms with Crippen molar-refractivity contribution in [2.75, 3.05) is 0 Å². The van der Waals surface area contributed by atoms with Crippen LogP contribution in [0.25, 0.3) is 0 Å². The first-order valence-electron chi connectivity index (χ1n) is 8.02. The molecule has 0 heterocycles. The van der Waals surface area contributed by atoms with Gasteiger partial charge < -0.3 is 5.32 Å². The lowest BCUT2D eigenvalue weighted by atomic mass is 10.0. The van der Waals surface area contributed by atoms with E-state index in [9.17, 15) is 9.59 Å². The van der Waals surface area contributed by atoms with E-state index >= 15 is 0 Å². The van der Waals surface area contributed by atoms with Gasteiger partial charge >= 0.3 is 11.8 Å². The van der Waals surface area contributed by atoms with Crippen LogP contribution in [0.4, 0.5) is 0 Å². The number of nitrogens with one attached hydrogen (secondary N) is 2. The lowest BCUT2D eigenvalue weighted by molar-refractivity contribution is -0.139. The van der Waals surface area contributed by atoms with Crippen LogP contribution in [0.5, 0.6) is 0 Å². The molecule has 0 aliphatic heterocycles. The summed E-state index contributed by atoms with van der Waals surface area (Å²) in [5.41, 5.74) is 4.72. The van der Waals surface area contributed by atoms with Crippen molar-refractivity contribution in [1.82, 2.24) is 10.7 Å². The summed E-state index contributed by atoms with van der Waals surface area (Å²) in [5, 5.41) is 7.04. The minimum atomic E-state index is -0.872. The van der Waals surface area contributed by atoms with Crippen molar-refractivity contribution in [3.8, 4) is 0 Å². The summed E-state index contributed by atoms with van der Waals surface area (Å²) in [6.45, 7) is 4.47. The smallest absolute Gasteiger partial charge is 0.329 e. The Kier molecular flexibility index (Phi) is 7.18. The summed E-state index contributed by atoms with van der Waals surface area (Å²) in [6, 6.07) is 12.8. The number of nitrogens with zero attached hydrogens (tertiary/aromatic N) is 1. The molecule has 2 amide bonds. The predicted octanol–water partition coefficient (Wildman–Crippen LogP) is 3.88. The number of halogens is 2. The van der Waals surface area contributed by atoms with E-state index in [0.29, 0.717) is 21.5 Å². The van der Waals surface area contributed by atoms with Crippen molar-refractivity contribution in [3.05, 3.63) is 69.2 Å². The highest BCUT2D eigenvalue weighted by molar-refractivity contribution is 6.38. The van der Waals surface area contributed by atoms with Gasteiger partial charge in [0.25, 0.3) is 0 Å². The van der Waals surface area contributed by atoms with Gasteiger partial charge in [-0.25, -0.2) is 5.43 Å². The molecule has 136 valence electrons. The molecule has 0 spiro atoms. The summed E-state index contributed by atoms with van der Waals surface area (Å²) < 4.78 is 0. The number of rotatable bonds is 5. The normalized spacial score (nSPS) is 11.0. The zero-order chi connectivity index (χ0) is 19.1. The predicted molar refractivity (Wildman–Crippen MR) is 105 cm³/mol. The third-order valence-electron chi connectivity index (χ3n) is 3.67. The van der Waals surface area contributed by atoms with Crippen LogP contribution >= 0.6 is 23.2 Å². The molecule has 0 bridgehead atoms. The van der Waals surface area contributed by atoms with E-state index in [1.54, 1.807) is 18.2 Å². The Morgan fingerprint density at radius 2 is 1.65 bits per heavy atom. The molecule has 5 nitrogen and oxygen atoms in total. The number of carbonyl (C=O) groups is 2. The topological polar surface area (TPSA) is 70.6 Å². The van der Waals surface area contributed by atoms with Gasteiger partial charge in [-0.3, -0.25) is 9.59 Å². The molecule has 0 radical (unpaired) electrons. The Bertz CT molecular complexity index is 798. The highest BCUT2D eigenvalue weighted by Gasteiger charge is 2.12. The molecule has 0 atom stereocenters. The van der Waals surface area contributed by atoms with Gasteiger partial charge in [-0.2, -0.15) is 5.10 Å². The third kappa shape index (κ3) is 5.58. The highest BCUT2D eigenvalue weighted by Crippen LogP contribution is 2.22. The first-order chi connectivity index (χ1) is 12.4. The minimum absolute atomic E-state index is 0.255. The average Bonchev–Trinajstić information content (AvgIpc) is 2.62. The van der Waals surface area contributed by atoms with Gasteiger partial charge in [0.2, 0.25) is 0 Å². The van der Waals surface area contributed by atoms with Crippen molar-refractivity contribution in [2.45, 2.75) is 26.3 Å². The van der Waals surface area contributed by atoms with Crippen LogP contribution in [-0.4, -0.2) is 18.0 Å². The Labute approximate surface area is 162 Å². The fourth-order valence-corrected chi connectivity index (χ4v) is 2.62. The zero-order valence-electron chi connectivity index (χ0n) is 14.4. The van der Waals surface area contributed by atoms with Gasteiger partial charge in [-0.15, -0.1) is 0 Å². The van der Waals surface area contributed by atoms with Crippen LogP contribution in [-0.2, 0) is 16.1 Å². The summed E-state index contributed by atoms with van der Waals surface area (Å²) in [6.07, 6.45) is 1.29. The van der Waals surface area contributed by atoms with Gasteiger partial charge in [-0.1, -0.05) is 67.4 Å². The van der Waals surface area contributed by atoms with E-state index in [0.717, 1.165) is 5.56 Å². The van der Waals surface area contributed by atoms with Crippen molar-refractivity contribution in [3.63, 3.8) is 0 Å². The highest BCUT2D eigenvalue weighted by atomic mass is 35.5. The largest absolute Gasteiger partial charge is 0.344 e. The molecule has 0 aliphatic rings. The monoisotopic (exact) mass is 391 g/mol. The van der Waals surface area contributed by atoms with Crippen LogP contribution in [0.3, 0.4) is 0 Å². The van der Waals surface area contributed by atoms with E-state index in [1.165, 1.54) is 11.8 Å². The van der Waals surface area contributed by atoms with Crippen LogP contribution in [0.2, 0.25) is 10.0 Å². The van der Waals surface area contributed by atoms with Gasteiger partial charge in [0.15, 0.2) is 0 Å². The number of hydrogen-bond acceptors (Lipinski definition) is 3. The number of carbonyl (C=O) groups excluding carboxylic acids is 2. The molecular weight excluding hydrogens is 373 g/mol. The van der Waals surface area contributed by atoms with Crippen molar-refractivity contribution in [2.24, 2.45) is 5.10 Å². The molecule has 0 saturated heterocycles. The van der Waals surface area contributed by atoms with E-state index < -0.39 is 11.8 Å². The van der Waals surface area contributed by atoms with Crippen LogP contribution < -0.4 is 10.7 Å². The Morgan fingerprint density at radius 3 is 2.23 bits per heavy atom. The number of benzene rings is 2. The number of hydrogen-bond donors (Lipinski definition) is 2. The lowest BCUT2D eigenvalue weighted by Gasteiger charge is -2.08. The Hall–Kier alpha value is -2.37. The number of hydrazone groups is 1. The molecule has 0 aromatic heterocycles. The average molecular weight is 392 g/mol. The molecule has 7 heteroatoms. The van der Waals surface area contributed by atoms with Crippen molar-refractivity contribution in [1.29, 1.82) is 0 Å². The lowest BCUT2D eigenvalue weighted by Crippen LogP contribution is -2.37. The fraction of sp³-hybridized carbons (Fsp3) is 0.211. The van der Waals surface area contributed by atoms with Crippen LogP contribution in [0.15, 0.2) is 47.6 Å². The standard InChI is InChI=1S/C19H19Cl2N3O2/c1-12(2)14-8-6-13(7-9-14)10-22-18(25)19(26)24-23-11-15-16(20)4-3-5-17(15)21/h3-9,11-12H,10H2,1-2H3,(H,22,25)(H,24,26)/b23-11-. The Morgan fingerprint density at radius 1 is 1.04 bits per heavy atom. The van der Waals surface area contributed by atoms with E-state index in [-0.39, 0.29) is 6.54 Å². The van der Waals surface area contributed by atoms with Crippen LogP contribution in [0.1, 0.15) is 36.5 Å². The minimum Gasteiger partial charge on any atom is -0.344 e. The molecule has 0 unspecified atom stereocenters. The van der Waals surface area contributed by atoms with Gasteiger partial charge in [0, 0.05) is 12.1 Å². The second-order valence-corrected chi connectivity index (χ2v) is 6.73. The van der Waals surface area contributed by atoms with Crippen LogP contribution in [0, 0.1) is 0 Å². The molecule has 0 saturated carbocycles. The maximum Gasteiger partial charge on any atom is 0.329 e. The second-order valence-electron chi connectivity index (χ2n) is 5.91. The molecule has 2 rings (SSSR count). The SMILES string of the molecule is CC(C)c1ccc(CNC(=O)C(=O)N/N=C\c2c(Cl)cccc2Cl)cc1. The molecule has 26 heavy (non-hydrogen) atoms. The molecular formula is C19H19Cl2N3O2. The summed E-state index contributed by atoms with van der Waals surface area (Å²) in [7, 11) is 0. The summed E-state index contributed by atoms with van der Waals surface area (Å²) in [4.78, 5) is 23.6. The Balaban J connectivity index is 1.86. The first kappa shape index (κ1) is 19.9. The first-order valence-corrected chi connectivity index (χ1v) is 8.78. The fourth-order valence-electron chi connectivity index (χ4n) is 2.12. The second kappa shape index (κ2) is 9.36. The summed E-state index contributed by atoms with van der Waals surface area (Å²) >= 11 is 12.0. The molecule has 0 aliphatic carbocycles. The maximum absolute atomic E-state index is 11.8. The van der Waals surface area contributed by atoms with E-state index in [2.05, 4.69) is 29.7 Å². The number of amides is 2. The van der Waals surface area contributed by atoms with E-state index in [1.807, 2.05) is 24.3 Å². The molecule has 0 fully saturated rings. The molecule has 2 aromatic carbocycles. The van der Waals surface area contributed by atoms with Gasteiger partial charge in [-0.05, 0) is 29.2 Å². The van der Waals surface area contributed by atoms with E-state index in [4.69, 9.17) is 23.2 Å². The quantitative estimate of drug-likeness (QED) is 0.461.